The quantitative estimate of drug-likeness (QED) is 0.889. The second-order valence-electron chi connectivity index (χ2n) is 5.42. The molecular formula is C17H17BrN2O2. The van der Waals surface area contributed by atoms with Crippen molar-refractivity contribution in [3.63, 3.8) is 0 Å². The highest BCUT2D eigenvalue weighted by Gasteiger charge is 2.43. The summed E-state index contributed by atoms with van der Waals surface area (Å²) in [6.45, 7) is 0.501. The van der Waals surface area contributed by atoms with Crippen LogP contribution in [0.4, 0.5) is 0 Å². The average Bonchev–Trinajstić information content (AvgIpc) is 3.34. The van der Waals surface area contributed by atoms with Crippen LogP contribution in [0.5, 0.6) is 5.88 Å². The smallest absolute Gasteiger partial charge is 0.224 e. The van der Waals surface area contributed by atoms with E-state index in [1.807, 2.05) is 24.3 Å². The zero-order valence-electron chi connectivity index (χ0n) is 12.3. The molecule has 114 valence electrons. The normalized spacial score (nSPS) is 19.5. The predicted molar refractivity (Wildman–Crippen MR) is 87.6 cm³/mol. The molecule has 1 amide bonds. The van der Waals surface area contributed by atoms with Crippen LogP contribution in [0.1, 0.15) is 23.5 Å². The molecule has 1 N–H and O–H groups in total. The van der Waals surface area contributed by atoms with Crippen LogP contribution in [0.25, 0.3) is 0 Å². The number of hydrogen-bond donors (Lipinski definition) is 1. The van der Waals surface area contributed by atoms with Crippen molar-refractivity contribution in [1.29, 1.82) is 0 Å². The molecular weight excluding hydrogens is 344 g/mol. The van der Waals surface area contributed by atoms with Gasteiger partial charge in [0.05, 0.1) is 7.11 Å². The van der Waals surface area contributed by atoms with Crippen molar-refractivity contribution in [2.24, 2.45) is 5.92 Å². The first-order valence-electron chi connectivity index (χ1n) is 7.19. The average molecular weight is 361 g/mol. The zero-order valence-corrected chi connectivity index (χ0v) is 13.8. The number of carbonyl (C=O) groups is 1. The van der Waals surface area contributed by atoms with Crippen LogP contribution in [0.15, 0.2) is 47.1 Å². The lowest BCUT2D eigenvalue weighted by atomic mass is 10.1. The molecule has 0 spiro atoms. The predicted octanol–water partition coefficient (Wildman–Crippen LogP) is 3.27. The Kier molecular flexibility index (Phi) is 4.43. The molecule has 0 saturated heterocycles. The van der Waals surface area contributed by atoms with Gasteiger partial charge in [-0.1, -0.05) is 28.1 Å². The Balaban J connectivity index is 1.54. The number of hydrogen-bond acceptors (Lipinski definition) is 3. The van der Waals surface area contributed by atoms with E-state index in [1.165, 1.54) is 5.56 Å². The molecule has 3 rings (SSSR count). The van der Waals surface area contributed by atoms with Crippen LogP contribution in [0, 0.1) is 5.92 Å². The number of nitrogens with zero attached hydrogens (tertiary/aromatic N) is 1. The van der Waals surface area contributed by atoms with Gasteiger partial charge < -0.3 is 10.1 Å². The van der Waals surface area contributed by atoms with E-state index in [1.54, 1.807) is 13.3 Å². The molecule has 1 aromatic carbocycles. The summed E-state index contributed by atoms with van der Waals surface area (Å²) in [6, 6.07) is 11.9. The molecule has 2 atom stereocenters. The van der Waals surface area contributed by atoms with Crippen LogP contribution in [-0.2, 0) is 11.3 Å². The van der Waals surface area contributed by atoms with E-state index in [-0.39, 0.29) is 11.8 Å². The second-order valence-corrected chi connectivity index (χ2v) is 6.34. The Bertz CT molecular complexity index is 673. The Morgan fingerprint density at radius 3 is 2.86 bits per heavy atom. The first-order valence-corrected chi connectivity index (χ1v) is 7.99. The van der Waals surface area contributed by atoms with Crippen LogP contribution in [0.2, 0.25) is 0 Å². The second kappa shape index (κ2) is 6.48. The first kappa shape index (κ1) is 15.0. The van der Waals surface area contributed by atoms with Gasteiger partial charge in [-0.05, 0) is 41.7 Å². The molecule has 1 heterocycles. The monoisotopic (exact) mass is 360 g/mol. The molecule has 0 bridgehead atoms. The fourth-order valence-corrected chi connectivity index (χ4v) is 2.82. The van der Waals surface area contributed by atoms with Gasteiger partial charge in [-0.3, -0.25) is 4.79 Å². The van der Waals surface area contributed by atoms with E-state index in [9.17, 15) is 4.79 Å². The van der Waals surface area contributed by atoms with Gasteiger partial charge >= 0.3 is 0 Å². The summed E-state index contributed by atoms with van der Waals surface area (Å²) in [4.78, 5) is 16.3. The highest BCUT2D eigenvalue weighted by molar-refractivity contribution is 9.10. The molecule has 1 aromatic heterocycles. The molecule has 2 unspecified atom stereocenters. The maximum Gasteiger partial charge on any atom is 0.224 e. The Morgan fingerprint density at radius 2 is 2.14 bits per heavy atom. The number of benzene rings is 1. The van der Waals surface area contributed by atoms with Crippen LogP contribution >= 0.6 is 15.9 Å². The minimum absolute atomic E-state index is 0.0879. The molecule has 2 aromatic rings. The van der Waals surface area contributed by atoms with Crippen LogP contribution in [0.3, 0.4) is 0 Å². The van der Waals surface area contributed by atoms with Gasteiger partial charge in [0.2, 0.25) is 11.8 Å². The zero-order chi connectivity index (χ0) is 15.5. The number of methoxy groups -OCH3 is 1. The van der Waals surface area contributed by atoms with Crippen LogP contribution in [-0.4, -0.2) is 18.0 Å². The van der Waals surface area contributed by atoms with E-state index in [0.29, 0.717) is 18.3 Å². The molecule has 5 heteroatoms. The topological polar surface area (TPSA) is 51.2 Å². The lowest BCUT2D eigenvalue weighted by Gasteiger charge is -2.06. The summed E-state index contributed by atoms with van der Waals surface area (Å²) in [7, 11) is 1.58. The number of rotatable bonds is 5. The summed E-state index contributed by atoms with van der Waals surface area (Å²) in [6.07, 6.45) is 2.61. The fraction of sp³-hybridized carbons (Fsp3) is 0.294. The molecule has 1 aliphatic rings. The van der Waals surface area contributed by atoms with Gasteiger partial charge in [0.25, 0.3) is 0 Å². The number of pyridine rings is 1. The minimum Gasteiger partial charge on any atom is -0.481 e. The standard InChI is InChI=1S/C17H17BrN2O2/c1-22-16-8-11(6-7-19-16)10-20-17(21)15-9-14(15)12-2-4-13(18)5-3-12/h2-8,14-15H,9-10H2,1H3,(H,20,21). The van der Waals surface area contributed by atoms with E-state index in [0.717, 1.165) is 16.5 Å². The van der Waals surface area contributed by atoms with E-state index < -0.39 is 0 Å². The van der Waals surface area contributed by atoms with Crippen LogP contribution < -0.4 is 10.1 Å². The van der Waals surface area contributed by atoms with Crippen molar-refractivity contribution >= 4 is 21.8 Å². The van der Waals surface area contributed by atoms with E-state index in [4.69, 9.17) is 4.74 Å². The Morgan fingerprint density at radius 1 is 1.36 bits per heavy atom. The third kappa shape index (κ3) is 3.47. The van der Waals surface area contributed by atoms with Gasteiger partial charge in [0, 0.05) is 29.2 Å². The van der Waals surface area contributed by atoms with Crippen molar-refractivity contribution in [3.8, 4) is 5.88 Å². The maximum atomic E-state index is 12.2. The molecule has 0 aliphatic heterocycles. The fourth-order valence-electron chi connectivity index (χ4n) is 2.56. The largest absolute Gasteiger partial charge is 0.481 e. The van der Waals surface area contributed by atoms with Crippen molar-refractivity contribution in [2.75, 3.05) is 7.11 Å². The van der Waals surface area contributed by atoms with Crippen molar-refractivity contribution in [3.05, 3.63) is 58.2 Å². The van der Waals surface area contributed by atoms with Crippen molar-refractivity contribution < 1.29 is 9.53 Å². The SMILES string of the molecule is COc1cc(CNC(=O)C2CC2c2ccc(Br)cc2)ccn1. The van der Waals surface area contributed by atoms with E-state index in [2.05, 4.69) is 38.4 Å². The molecule has 22 heavy (non-hydrogen) atoms. The maximum absolute atomic E-state index is 12.2. The highest BCUT2D eigenvalue weighted by atomic mass is 79.9. The number of aromatic nitrogens is 1. The summed E-state index contributed by atoms with van der Waals surface area (Å²) >= 11 is 3.43. The minimum atomic E-state index is 0.0879. The highest BCUT2D eigenvalue weighted by Crippen LogP contribution is 2.47. The summed E-state index contributed by atoms with van der Waals surface area (Å²) in [5, 5.41) is 2.99. The molecule has 1 saturated carbocycles. The van der Waals surface area contributed by atoms with Gasteiger partial charge in [0.15, 0.2) is 0 Å². The van der Waals surface area contributed by atoms with Crippen molar-refractivity contribution in [1.82, 2.24) is 10.3 Å². The number of ether oxygens (including phenoxy) is 1. The van der Waals surface area contributed by atoms with Gasteiger partial charge in [-0.2, -0.15) is 0 Å². The first-order chi connectivity index (χ1) is 10.7. The Labute approximate surface area is 138 Å². The third-order valence-electron chi connectivity index (χ3n) is 3.90. The molecule has 1 fully saturated rings. The van der Waals surface area contributed by atoms with Crippen molar-refractivity contribution in [2.45, 2.75) is 18.9 Å². The van der Waals surface area contributed by atoms with E-state index >= 15 is 0 Å². The summed E-state index contributed by atoms with van der Waals surface area (Å²) in [5.41, 5.74) is 2.22. The molecule has 1 aliphatic carbocycles. The number of nitrogens with one attached hydrogen (secondary N) is 1. The van der Waals surface area contributed by atoms with Gasteiger partial charge in [-0.25, -0.2) is 4.98 Å². The third-order valence-corrected chi connectivity index (χ3v) is 4.43. The summed E-state index contributed by atoms with van der Waals surface area (Å²) < 4.78 is 6.14. The molecule has 0 radical (unpaired) electrons. The Hall–Kier alpha value is -1.88. The van der Waals surface area contributed by atoms with Gasteiger partial charge in [0.1, 0.15) is 0 Å². The lowest BCUT2D eigenvalue weighted by Crippen LogP contribution is -2.24. The molecule has 4 nitrogen and oxygen atoms in total. The van der Waals surface area contributed by atoms with Gasteiger partial charge in [-0.15, -0.1) is 0 Å². The lowest BCUT2D eigenvalue weighted by molar-refractivity contribution is -0.122. The summed E-state index contributed by atoms with van der Waals surface area (Å²) in [5.74, 6) is 1.11. The number of halogens is 1. The number of carbonyl (C=O) groups excluding carboxylic acids is 1. The number of amides is 1.